The summed E-state index contributed by atoms with van der Waals surface area (Å²) in [5.41, 5.74) is 2.38. The summed E-state index contributed by atoms with van der Waals surface area (Å²) in [4.78, 5) is 26.2. The molecule has 1 aliphatic heterocycles. The molecule has 3 rings (SSSR count). The van der Waals surface area contributed by atoms with E-state index in [0.29, 0.717) is 18.7 Å². The fourth-order valence-electron chi connectivity index (χ4n) is 3.85. The number of nitrogens with one attached hydrogen (secondary N) is 1. The smallest absolute Gasteiger partial charge is 0.269 e. The third kappa shape index (κ3) is 2.78. The maximum atomic E-state index is 12.5. The summed E-state index contributed by atoms with van der Waals surface area (Å²) in [6, 6.07) is 1.79. The first-order valence-electron chi connectivity index (χ1n) is 8.19. The minimum atomic E-state index is -0.107. The number of hydrogen-bond donors (Lipinski definition) is 1. The van der Waals surface area contributed by atoms with Gasteiger partial charge in [0.25, 0.3) is 5.91 Å². The van der Waals surface area contributed by atoms with Crippen LogP contribution in [0.3, 0.4) is 0 Å². The van der Waals surface area contributed by atoms with Crippen molar-refractivity contribution >= 4 is 11.8 Å². The zero-order valence-electron chi connectivity index (χ0n) is 14.1. The number of piperidine rings is 1. The number of likely N-dealkylation sites (tertiary alicyclic amines) is 1. The molecule has 1 N–H and O–H groups in total. The Kier molecular flexibility index (Phi) is 4.00. The first kappa shape index (κ1) is 15.8. The number of aryl methyl sites for hydroxylation is 2. The van der Waals surface area contributed by atoms with Crippen LogP contribution < -0.4 is 5.32 Å². The molecule has 0 radical (unpaired) electrons. The van der Waals surface area contributed by atoms with Crippen LogP contribution in [0.4, 0.5) is 0 Å². The summed E-state index contributed by atoms with van der Waals surface area (Å²) in [7, 11) is 3.62. The van der Waals surface area contributed by atoms with Gasteiger partial charge in [0.1, 0.15) is 5.69 Å². The zero-order valence-corrected chi connectivity index (χ0v) is 14.1. The van der Waals surface area contributed by atoms with Crippen LogP contribution in [-0.2, 0) is 11.8 Å². The number of carbonyl (C=O) groups excluding carboxylic acids is 2. The van der Waals surface area contributed by atoms with Crippen molar-refractivity contribution in [2.24, 2.45) is 12.5 Å². The van der Waals surface area contributed by atoms with Gasteiger partial charge in [0.15, 0.2) is 0 Å². The molecular weight excluding hydrogens is 292 g/mol. The van der Waals surface area contributed by atoms with Crippen molar-refractivity contribution in [3.8, 4) is 0 Å². The van der Waals surface area contributed by atoms with Crippen molar-refractivity contribution in [3.63, 3.8) is 0 Å². The van der Waals surface area contributed by atoms with Crippen LogP contribution >= 0.6 is 0 Å². The van der Waals surface area contributed by atoms with Gasteiger partial charge in [-0.1, -0.05) is 6.08 Å². The summed E-state index contributed by atoms with van der Waals surface area (Å²) < 4.78 is 1.61. The van der Waals surface area contributed by atoms with Gasteiger partial charge in [-0.2, -0.15) is 5.10 Å². The Morgan fingerprint density at radius 2 is 2.17 bits per heavy atom. The number of nitrogens with zero attached hydrogens (tertiary/aromatic N) is 3. The number of allylic oxidation sites excluding steroid dienone is 1. The zero-order chi connectivity index (χ0) is 16.6. The van der Waals surface area contributed by atoms with Gasteiger partial charge in [-0.3, -0.25) is 14.3 Å². The van der Waals surface area contributed by atoms with Gasteiger partial charge < -0.3 is 10.2 Å². The molecule has 6 heteroatoms. The fourth-order valence-corrected chi connectivity index (χ4v) is 3.85. The maximum Gasteiger partial charge on any atom is 0.269 e. The molecule has 1 atom stereocenters. The van der Waals surface area contributed by atoms with E-state index in [1.54, 1.807) is 22.7 Å². The molecule has 1 aromatic heterocycles. The average Bonchev–Trinajstić information content (AvgIpc) is 2.88. The number of rotatable bonds is 3. The van der Waals surface area contributed by atoms with Gasteiger partial charge in [0, 0.05) is 38.2 Å². The van der Waals surface area contributed by atoms with Crippen molar-refractivity contribution in [3.05, 3.63) is 29.2 Å². The molecule has 124 valence electrons. The number of hydrogen-bond acceptors (Lipinski definition) is 3. The Hall–Kier alpha value is -2.11. The summed E-state index contributed by atoms with van der Waals surface area (Å²) in [5, 5.41) is 7.29. The first-order valence-corrected chi connectivity index (χ1v) is 8.19. The van der Waals surface area contributed by atoms with Gasteiger partial charge in [-0.05, 0) is 38.7 Å². The summed E-state index contributed by atoms with van der Waals surface area (Å²) in [6.07, 6.45) is 6.65. The third-order valence-electron chi connectivity index (χ3n) is 5.12. The van der Waals surface area contributed by atoms with E-state index in [1.807, 2.05) is 14.0 Å². The Labute approximate surface area is 136 Å². The molecule has 0 saturated carbocycles. The van der Waals surface area contributed by atoms with E-state index in [4.69, 9.17) is 0 Å². The van der Waals surface area contributed by atoms with Gasteiger partial charge >= 0.3 is 0 Å². The van der Waals surface area contributed by atoms with Crippen LogP contribution in [-0.4, -0.2) is 40.1 Å². The summed E-state index contributed by atoms with van der Waals surface area (Å²) >= 11 is 0. The second-order valence-electron chi connectivity index (χ2n) is 6.69. The lowest BCUT2D eigenvalue weighted by atomic mass is 9.70. The van der Waals surface area contributed by atoms with E-state index < -0.39 is 0 Å². The number of fused-ring (bicyclic) bond motifs is 1. The molecule has 2 amide bonds. The molecule has 1 aromatic rings. The van der Waals surface area contributed by atoms with Crippen LogP contribution in [0.2, 0.25) is 0 Å². The standard InChI is InChI=1S/C17H24N4O2/c1-12-10-13(21(3)19-12)16(23)18-11-17-8-5-4-6-14(17)20(2)15(22)7-9-17/h6,10H,4-5,7-9,11H2,1-3H3,(H,18,23). The Morgan fingerprint density at radius 3 is 2.87 bits per heavy atom. The van der Waals surface area contributed by atoms with Crippen LogP contribution in [0.5, 0.6) is 0 Å². The lowest BCUT2D eigenvalue weighted by Gasteiger charge is -2.46. The second-order valence-corrected chi connectivity index (χ2v) is 6.69. The fraction of sp³-hybridized carbons (Fsp3) is 0.588. The monoisotopic (exact) mass is 316 g/mol. The Morgan fingerprint density at radius 1 is 1.39 bits per heavy atom. The quantitative estimate of drug-likeness (QED) is 0.924. The second kappa shape index (κ2) is 5.83. The van der Waals surface area contributed by atoms with Gasteiger partial charge in [0.2, 0.25) is 5.91 Å². The van der Waals surface area contributed by atoms with Crippen molar-refractivity contribution in [1.29, 1.82) is 0 Å². The molecule has 0 spiro atoms. The molecule has 1 aliphatic carbocycles. The minimum Gasteiger partial charge on any atom is -0.350 e. The van der Waals surface area contributed by atoms with Crippen LogP contribution in [0, 0.1) is 12.3 Å². The molecule has 2 aliphatic rings. The molecule has 1 unspecified atom stereocenters. The number of aromatic nitrogens is 2. The van der Waals surface area contributed by atoms with Crippen molar-refractivity contribution in [2.45, 2.75) is 39.0 Å². The predicted molar refractivity (Wildman–Crippen MR) is 86.6 cm³/mol. The Balaban J connectivity index is 1.77. The van der Waals surface area contributed by atoms with Crippen molar-refractivity contribution in [2.75, 3.05) is 13.6 Å². The van der Waals surface area contributed by atoms with E-state index in [1.165, 1.54) is 0 Å². The highest BCUT2D eigenvalue weighted by Crippen LogP contribution is 2.45. The highest BCUT2D eigenvalue weighted by atomic mass is 16.2. The normalized spacial score (nSPS) is 24.2. The highest BCUT2D eigenvalue weighted by Gasteiger charge is 2.43. The van der Waals surface area contributed by atoms with Crippen LogP contribution in [0.25, 0.3) is 0 Å². The van der Waals surface area contributed by atoms with E-state index in [9.17, 15) is 9.59 Å². The highest BCUT2D eigenvalue weighted by molar-refractivity contribution is 5.92. The Bertz CT molecular complexity index is 676. The SMILES string of the molecule is Cc1cc(C(=O)NCC23CCCC=C2N(C)C(=O)CC3)n(C)n1. The van der Waals surface area contributed by atoms with Crippen molar-refractivity contribution < 1.29 is 9.59 Å². The average molecular weight is 316 g/mol. The maximum absolute atomic E-state index is 12.5. The topological polar surface area (TPSA) is 67.2 Å². The molecular formula is C17H24N4O2. The molecule has 0 aromatic carbocycles. The number of carbonyl (C=O) groups is 2. The molecule has 1 fully saturated rings. The molecule has 23 heavy (non-hydrogen) atoms. The summed E-state index contributed by atoms with van der Waals surface area (Å²) in [6.45, 7) is 2.44. The molecule has 6 nitrogen and oxygen atoms in total. The van der Waals surface area contributed by atoms with Crippen molar-refractivity contribution in [1.82, 2.24) is 20.0 Å². The van der Waals surface area contributed by atoms with Gasteiger partial charge in [-0.25, -0.2) is 0 Å². The summed E-state index contributed by atoms with van der Waals surface area (Å²) in [5.74, 6) is 0.0642. The van der Waals surface area contributed by atoms with Gasteiger partial charge in [-0.15, -0.1) is 0 Å². The lowest BCUT2D eigenvalue weighted by molar-refractivity contribution is -0.132. The molecule has 0 bridgehead atoms. The molecule has 2 heterocycles. The molecule has 1 saturated heterocycles. The van der Waals surface area contributed by atoms with E-state index in [-0.39, 0.29) is 17.2 Å². The van der Waals surface area contributed by atoms with E-state index >= 15 is 0 Å². The number of amides is 2. The van der Waals surface area contributed by atoms with E-state index in [2.05, 4.69) is 16.5 Å². The largest absolute Gasteiger partial charge is 0.350 e. The van der Waals surface area contributed by atoms with Crippen LogP contribution in [0.1, 0.15) is 48.3 Å². The lowest BCUT2D eigenvalue weighted by Crippen LogP contribution is -2.49. The third-order valence-corrected chi connectivity index (χ3v) is 5.12. The first-order chi connectivity index (χ1) is 10.9. The van der Waals surface area contributed by atoms with Gasteiger partial charge in [0.05, 0.1) is 5.69 Å². The van der Waals surface area contributed by atoms with E-state index in [0.717, 1.165) is 37.1 Å². The predicted octanol–water partition coefficient (Wildman–Crippen LogP) is 1.76. The minimum absolute atomic E-state index is 0.105. The van der Waals surface area contributed by atoms with Crippen LogP contribution in [0.15, 0.2) is 17.8 Å².